The van der Waals surface area contributed by atoms with Crippen molar-refractivity contribution in [2.24, 2.45) is 0 Å². The first-order chi connectivity index (χ1) is 15.8. The molecule has 4 rings (SSSR count). The summed E-state index contributed by atoms with van der Waals surface area (Å²) >= 11 is 0. The van der Waals surface area contributed by atoms with Crippen LogP contribution in [0.25, 0.3) is 22.2 Å². The van der Waals surface area contributed by atoms with Gasteiger partial charge >= 0.3 is 6.09 Å². The molecule has 9 heteroatoms. The molecule has 0 atom stereocenters. The van der Waals surface area contributed by atoms with Gasteiger partial charge in [0.25, 0.3) is 0 Å². The molecule has 0 saturated carbocycles. The predicted molar refractivity (Wildman–Crippen MR) is 124 cm³/mol. The van der Waals surface area contributed by atoms with E-state index < -0.39 is 5.60 Å². The molecule has 0 N–H and O–H groups in total. The van der Waals surface area contributed by atoms with Crippen molar-refractivity contribution in [3.05, 3.63) is 42.1 Å². The summed E-state index contributed by atoms with van der Waals surface area (Å²) in [4.78, 5) is 20.4. The van der Waals surface area contributed by atoms with Gasteiger partial charge in [0.05, 0.1) is 18.3 Å². The zero-order chi connectivity index (χ0) is 23.6. The van der Waals surface area contributed by atoms with E-state index in [1.165, 1.54) is 0 Å². The van der Waals surface area contributed by atoms with Crippen molar-refractivity contribution < 1.29 is 14.3 Å². The highest BCUT2D eigenvalue weighted by Crippen LogP contribution is 2.33. The summed E-state index contributed by atoms with van der Waals surface area (Å²) in [5, 5.41) is 18.8. The number of nitrogens with zero attached hydrogens (tertiary/aromatic N) is 6. The average Bonchev–Trinajstić information content (AvgIpc) is 2.82. The van der Waals surface area contributed by atoms with Gasteiger partial charge in [-0.2, -0.15) is 5.26 Å². The number of anilines is 1. The van der Waals surface area contributed by atoms with Crippen LogP contribution in [0.15, 0.2) is 36.4 Å². The summed E-state index contributed by atoms with van der Waals surface area (Å²) < 4.78 is 11.0. The highest BCUT2D eigenvalue weighted by molar-refractivity contribution is 5.87. The van der Waals surface area contributed by atoms with Crippen LogP contribution in [0, 0.1) is 11.3 Å². The number of methoxy groups -OCH3 is 1. The minimum Gasteiger partial charge on any atom is -0.496 e. The highest BCUT2D eigenvalue weighted by Gasteiger charge is 2.26. The molecule has 0 bridgehead atoms. The molecule has 1 aromatic carbocycles. The summed E-state index contributed by atoms with van der Waals surface area (Å²) in [7, 11) is 1.59. The molecule has 33 heavy (non-hydrogen) atoms. The Morgan fingerprint density at radius 3 is 2.42 bits per heavy atom. The molecule has 170 valence electrons. The third-order valence-corrected chi connectivity index (χ3v) is 5.31. The molecule has 3 heterocycles. The van der Waals surface area contributed by atoms with Crippen LogP contribution in [0.1, 0.15) is 26.5 Å². The van der Waals surface area contributed by atoms with Crippen molar-refractivity contribution in [1.82, 2.24) is 20.1 Å². The second kappa shape index (κ2) is 8.90. The Labute approximate surface area is 192 Å². The summed E-state index contributed by atoms with van der Waals surface area (Å²) in [6, 6.07) is 13.2. The average molecular weight is 447 g/mol. The third kappa shape index (κ3) is 4.95. The summed E-state index contributed by atoms with van der Waals surface area (Å²) in [6.45, 7) is 8.02. The van der Waals surface area contributed by atoms with E-state index in [0.29, 0.717) is 48.8 Å². The molecule has 1 aliphatic rings. The van der Waals surface area contributed by atoms with Crippen LogP contribution in [-0.2, 0) is 4.74 Å². The standard InChI is InChI=1S/C24H26N6O3/c1-24(2,3)33-23(31)30-11-9-29(10-12-30)22-8-7-19(27-28-22)18-13-16-5-6-17(15-25)26-20(16)14-21(18)32-4/h5-8,13-14H,9-12H2,1-4H3. The van der Waals surface area contributed by atoms with Crippen LogP contribution in [0.3, 0.4) is 0 Å². The molecule has 1 aliphatic heterocycles. The van der Waals surface area contributed by atoms with E-state index in [1.807, 2.05) is 45.0 Å². The Balaban J connectivity index is 1.49. The maximum atomic E-state index is 12.3. The van der Waals surface area contributed by atoms with Gasteiger partial charge in [-0.05, 0) is 51.1 Å². The number of pyridine rings is 1. The van der Waals surface area contributed by atoms with E-state index in [2.05, 4.69) is 26.2 Å². The van der Waals surface area contributed by atoms with Gasteiger partial charge in [-0.25, -0.2) is 9.78 Å². The minimum absolute atomic E-state index is 0.289. The predicted octanol–water partition coefficient (Wildman–Crippen LogP) is 3.63. The number of ether oxygens (including phenoxy) is 2. The molecular weight excluding hydrogens is 420 g/mol. The lowest BCUT2D eigenvalue weighted by Gasteiger charge is -2.35. The lowest BCUT2D eigenvalue weighted by Crippen LogP contribution is -2.50. The van der Waals surface area contributed by atoms with Crippen molar-refractivity contribution in [2.75, 3.05) is 38.2 Å². The first-order valence-electron chi connectivity index (χ1n) is 10.7. The van der Waals surface area contributed by atoms with Crippen LogP contribution in [0.2, 0.25) is 0 Å². The number of rotatable bonds is 3. The van der Waals surface area contributed by atoms with E-state index in [9.17, 15) is 4.79 Å². The summed E-state index contributed by atoms with van der Waals surface area (Å²) in [5.41, 5.74) is 2.00. The minimum atomic E-state index is -0.507. The van der Waals surface area contributed by atoms with Crippen molar-refractivity contribution >= 4 is 22.8 Å². The molecule has 0 aliphatic carbocycles. The monoisotopic (exact) mass is 446 g/mol. The number of hydrogen-bond donors (Lipinski definition) is 0. The lowest BCUT2D eigenvalue weighted by atomic mass is 10.1. The van der Waals surface area contributed by atoms with Crippen molar-refractivity contribution in [2.45, 2.75) is 26.4 Å². The Hall–Kier alpha value is -3.93. The SMILES string of the molecule is COc1cc2nc(C#N)ccc2cc1-c1ccc(N2CCN(C(=O)OC(C)(C)C)CC2)nn1. The summed E-state index contributed by atoms with van der Waals surface area (Å²) in [6.07, 6.45) is -0.289. The lowest BCUT2D eigenvalue weighted by molar-refractivity contribution is 0.0240. The van der Waals surface area contributed by atoms with Gasteiger partial charge < -0.3 is 19.3 Å². The van der Waals surface area contributed by atoms with E-state index in [0.717, 1.165) is 16.8 Å². The number of hydrogen-bond acceptors (Lipinski definition) is 8. The molecule has 1 saturated heterocycles. The van der Waals surface area contributed by atoms with Crippen LogP contribution < -0.4 is 9.64 Å². The highest BCUT2D eigenvalue weighted by atomic mass is 16.6. The van der Waals surface area contributed by atoms with Crippen molar-refractivity contribution in [1.29, 1.82) is 5.26 Å². The fourth-order valence-corrected chi connectivity index (χ4v) is 3.67. The van der Waals surface area contributed by atoms with E-state index >= 15 is 0 Å². The fourth-order valence-electron chi connectivity index (χ4n) is 3.67. The van der Waals surface area contributed by atoms with Gasteiger partial charge in [-0.3, -0.25) is 0 Å². The molecule has 1 amide bonds. The fraction of sp³-hybridized carbons (Fsp3) is 0.375. The molecule has 9 nitrogen and oxygen atoms in total. The molecule has 2 aromatic heterocycles. The van der Waals surface area contributed by atoms with Crippen LogP contribution in [0.4, 0.5) is 10.6 Å². The maximum absolute atomic E-state index is 12.3. The topological polar surface area (TPSA) is 104 Å². The number of carbonyl (C=O) groups excluding carboxylic acids is 1. The number of carbonyl (C=O) groups is 1. The quantitative estimate of drug-likeness (QED) is 0.601. The van der Waals surface area contributed by atoms with Crippen molar-refractivity contribution in [3.63, 3.8) is 0 Å². The molecule has 0 spiro atoms. The smallest absolute Gasteiger partial charge is 0.410 e. The van der Waals surface area contributed by atoms with Crippen molar-refractivity contribution in [3.8, 4) is 23.1 Å². The number of amides is 1. The third-order valence-electron chi connectivity index (χ3n) is 5.31. The van der Waals surface area contributed by atoms with Crippen LogP contribution >= 0.6 is 0 Å². The second-order valence-electron chi connectivity index (χ2n) is 8.78. The molecule has 3 aromatic rings. The van der Waals surface area contributed by atoms with Gasteiger partial charge in [0.2, 0.25) is 0 Å². The zero-order valence-corrected chi connectivity index (χ0v) is 19.2. The largest absolute Gasteiger partial charge is 0.496 e. The van der Waals surface area contributed by atoms with E-state index in [4.69, 9.17) is 14.7 Å². The summed E-state index contributed by atoms with van der Waals surface area (Å²) in [5.74, 6) is 1.36. The molecule has 0 radical (unpaired) electrons. The van der Waals surface area contributed by atoms with Gasteiger partial charge in [-0.15, -0.1) is 10.2 Å². The molecule has 1 fully saturated rings. The zero-order valence-electron chi connectivity index (χ0n) is 19.2. The Morgan fingerprint density at radius 2 is 1.82 bits per heavy atom. The number of fused-ring (bicyclic) bond motifs is 1. The van der Waals surface area contributed by atoms with Gasteiger partial charge in [0.1, 0.15) is 23.1 Å². The van der Waals surface area contributed by atoms with Gasteiger partial charge in [-0.1, -0.05) is 0 Å². The molecular formula is C24H26N6O3. The Kier molecular flexibility index (Phi) is 6.01. The first kappa shape index (κ1) is 22.3. The van der Waals surface area contributed by atoms with Crippen LogP contribution in [-0.4, -0.2) is 65.1 Å². The van der Waals surface area contributed by atoms with Gasteiger partial charge in [0.15, 0.2) is 5.82 Å². The van der Waals surface area contributed by atoms with E-state index in [1.54, 1.807) is 24.1 Å². The Bertz CT molecular complexity index is 1210. The first-order valence-corrected chi connectivity index (χ1v) is 10.7. The second-order valence-corrected chi connectivity index (χ2v) is 8.78. The molecule has 0 unspecified atom stereocenters. The van der Waals surface area contributed by atoms with Crippen LogP contribution in [0.5, 0.6) is 5.75 Å². The van der Waals surface area contributed by atoms with Gasteiger partial charge in [0, 0.05) is 43.2 Å². The number of aromatic nitrogens is 3. The number of nitriles is 1. The number of benzene rings is 1. The Morgan fingerprint density at radius 1 is 1.06 bits per heavy atom. The van der Waals surface area contributed by atoms with E-state index in [-0.39, 0.29) is 6.09 Å². The normalized spacial score (nSPS) is 14.2. The number of piperazine rings is 1. The maximum Gasteiger partial charge on any atom is 0.410 e.